The molecule has 14 heteroatoms. The van der Waals surface area contributed by atoms with Gasteiger partial charge in [0, 0.05) is 54.4 Å². The predicted molar refractivity (Wildman–Crippen MR) is 304 cm³/mol. The van der Waals surface area contributed by atoms with Crippen molar-refractivity contribution in [2.45, 2.75) is 209 Å². The van der Waals surface area contributed by atoms with Gasteiger partial charge >= 0.3 is 13.8 Å². The number of quaternary nitrogens is 1. The molecule has 2 aliphatic rings. The lowest BCUT2D eigenvalue weighted by Gasteiger charge is -2.28. The van der Waals surface area contributed by atoms with Crippen molar-refractivity contribution in [1.82, 2.24) is 5.32 Å². The number of Topliss-reactive ketones (excluding diaryl/α,β-unsaturated/α-hetero) is 2. The van der Waals surface area contributed by atoms with E-state index in [1.807, 2.05) is 92.2 Å². The van der Waals surface area contributed by atoms with E-state index in [4.69, 9.17) is 13.8 Å². The Balaban J connectivity index is 1.73. The third kappa shape index (κ3) is 25.1. The average Bonchev–Trinajstić information content (AvgIpc) is 3.34. The molecule has 0 aromatic heterocycles. The fourth-order valence-electron chi connectivity index (χ4n) is 10.2. The zero-order valence-electron chi connectivity index (χ0n) is 48.5. The second kappa shape index (κ2) is 34.0. The van der Waals surface area contributed by atoms with Crippen molar-refractivity contribution in [2.24, 2.45) is 23.7 Å². The molecule has 2 unspecified atom stereocenters. The molecule has 1 aliphatic heterocycles. The molecule has 0 saturated carbocycles. The van der Waals surface area contributed by atoms with Gasteiger partial charge in [0.1, 0.15) is 25.0 Å². The molecule has 426 valence electrons. The molecule has 1 aromatic carbocycles. The summed E-state index contributed by atoms with van der Waals surface area (Å²) < 4.78 is 30.8. The highest BCUT2D eigenvalue weighted by Gasteiger charge is 2.33. The van der Waals surface area contributed by atoms with Crippen LogP contribution in [0.5, 0.6) is 0 Å². The van der Waals surface area contributed by atoms with Gasteiger partial charge in [0.05, 0.1) is 39.0 Å². The van der Waals surface area contributed by atoms with Crippen molar-refractivity contribution >= 4 is 37.0 Å². The Bertz CT molecular complexity index is 2240. The van der Waals surface area contributed by atoms with E-state index in [1.54, 1.807) is 19.1 Å². The summed E-state index contributed by atoms with van der Waals surface area (Å²) in [6.07, 6.45) is 26.0. The fraction of sp³-hybridized carbons (Fsp3) is 0.661. The summed E-state index contributed by atoms with van der Waals surface area (Å²) in [5.41, 5.74) is 2.85. The van der Waals surface area contributed by atoms with Crippen LogP contribution in [0.25, 0.3) is 0 Å². The van der Waals surface area contributed by atoms with Gasteiger partial charge in [0.25, 0.3) is 5.91 Å². The SMILES string of the molecule is CCCCCCCCCCCCCCCCCC(OP(=O)(O)OCC[N+](C)(C)C)c1ccc(CC(=O)CCC2=C3C[C@@H](C)C[C@H](C)[C@H](O)[C@@H](C)/C=C(\C)[C@H](OC(C)=O)[C@@H](C)/C=C\C=C(/C)C(=O)NC(=CC2=O)C3=O)cc1. The monoisotopic (exact) mass is 1080 g/mol. The maximum absolute atomic E-state index is 14.3. The van der Waals surface area contributed by atoms with E-state index in [0.29, 0.717) is 29.4 Å². The van der Waals surface area contributed by atoms with Gasteiger partial charge in [0.2, 0.25) is 5.78 Å². The van der Waals surface area contributed by atoms with Crippen molar-refractivity contribution in [1.29, 1.82) is 0 Å². The minimum absolute atomic E-state index is 0.00792. The summed E-state index contributed by atoms with van der Waals surface area (Å²) >= 11 is 0. The van der Waals surface area contributed by atoms with Gasteiger partial charge in [-0.05, 0) is 68.1 Å². The van der Waals surface area contributed by atoms with E-state index in [9.17, 15) is 38.5 Å². The highest BCUT2D eigenvalue weighted by Crippen LogP contribution is 2.49. The number of esters is 1. The number of fused-ring (bicyclic) bond motifs is 2. The first kappa shape index (κ1) is 66.2. The molecule has 0 spiro atoms. The number of carbonyl (C=O) groups excluding carboxylic acids is 5. The van der Waals surface area contributed by atoms with E-state index < -0.39 is 49.6 Å². The van der Waals surface area contributed by atoms with Crippen LogP contribution in [0.3, 0.4) is 0 Å². The number of amides is 1. The first-order valence-electron chi connectivity index (χ1n) is 28.7. The first-order valence-corrected chi connectivity index (χ1v) is 30.2. The van der Waals surface area contributed by atoms with Crippen LogP contribution in [-0.2, 0) is 48.7 Å². The molecule has 1 amide bonds. The second-order valence-corrected chi connectivity index (χ2v) is 24.6. The number of hydrogen-bond acceptors (Lipinski definition) is 10. The minimum atomic E-state index is -4.39. The molecular weight excluding hydrogens is 980 g/mol. The number of nitrogens with one attached hydrogen (secondary N) is 1. The Morgan fingerprint density at radius 3 is 1.99 bits per heavy atom. The van der Waals surface area contributed by atoms with E-state index >= 15 is 0 Å². The number of ether oxygens (including phenoxy) is 1. The van der Waals surface area contributed by atoms with Crippen molar-refractivity contribution < 1.29 is 56.8 Å². The summed E-state index contributed by atoms with van der Waals surface area (Å²) in [5.74, 6) is -3.03. The third-order valence-electron chi connectivity index (χ3n) is 14.8. The lowest BCUT2D eigenvalue weighted by atomic mass is 9.80. The summed E-state index contributed by atoms with van der Waals surface area (Å²) in [4.78, 5) is 78.2. The van der Waals surface area contributed by atoms with E-state index in [0.717, 1.165) is 42.9 Å². The smallest absolute Gasteiger partial charge is 0.457 e. The van der Waals surface area contributed by atoms with Gasteiger partial charge in [-0.3, -0.25) is 33.0 Å². The van der Waals surface area contributed by atoms with Crippen LogP contribution in [0.4, 0.5) is 0 Å². The van der Waals surface area contributed by atoms with Gasteiger partial charge in [0.15, 0.2) is 5.78 Å². The zero-order valence-corrected chi connectivity index (χ0v) is 49.4. The maximum Gasteiger partial charge on any atom is 0.472 e. The predicted octanol–water partition coefficient (Wildman–Crippen LogP) is 13.2. The number of benzene rings is 1. The van der Waals surface area contributed by atoms with Crippen LogP contribution in [0.15, 0.2) is 82.6 Å². The number of aliphatic hydroxyl groups is 1. The number of carbonyl (C=O) groups is 5. The number of allylic oxidation sites excluding steroid dienone is 5. The van der Waals surface area contributed by atoms with E-state index in [1.165, 1.54) is 77.6 Å². The Morgan fingerprint density at radius 1 is 0.842 bits per heavy atom. The number of phosphoric acid groups is 1. The maximum atomic E-state index is 14.3. The van der Waals surface area contributed by atoms with Crippen LogP contribution >= 0.6 is 7.82 Å². The largest absolute Gasteiger partial charge is 0.472 e. The standard InChI is InChI=1S/C62H97N2O11P/c1-12-13-14-15-16-17-18-19-20-21-22-23-24-25-26-30-58(75-76(71,72)73-38-37-64(9,10)11)52-33-31-51(32-34-52)42-53(66)35-36-54-55-40-44(2)39-47(5)59(68)48(6)41-49(7)61(74-50(8)65)45(3)28-27-29-46(4)62(70)63-56(60(55)69)43-57(54)67/h27-29,31-34,41,43-45,47-48,58-59,61,68H,12-26,30,35-40,42H2,1-11H3,(H-,63,67,70,71,72)/p+1/b28-27-,46-29+,49-41+/t44-,45-,47-,48-,58?,59-,61+/m0/s1. The Hall–Kier alpha value is -4.10. The molecule has 0 saturated heterocycles. The molecule has 1 aromatic rings. The van der Waals surface area contributed by atoms with E-state index in [2.05, 4.69) is 12.2 Å². The van der Waals surface area contributed by atoms with Crippen LogP contribution in [-0.4, -0.2) is 90.2 Å². The van der Waals surface area contributed by atoms with Gasteiger partial charge in [-0.2, -0.15) is 0 Å². The van der Waals surface area contributed by atoms with Crippen molar-refractivity contribution in [3.8, 4) is 0 Å². The number of nitrogens with zero attached hydrogens (tertiary/aromatic N) is 1. The average molecular weight is 1080 g/mol. The summed E-state index contributed by atoms with van der Waals surface area (Å²) in [5, 5.41) is 14.2. The Morgan fingerprint density at radius 2 is 1.42 bits per heavy atom. The molecule has 0 radical (unpaired) electrons. The quantitative estimate of drug-likeness (QED) is 0.0173. The van der Waals surface area contributed by atoms with Gasteiger partial charge in [-0.1, -0.05) is 180 Å². The second-order valence-electron chi connectivity index (χ2n) is 23.2. The molecule has 76 heavy (non-hydrogen) atoms. The number of hydrogen-bond donors (Lipinski definition) is 3. The highest BCUT2D eigenvalue weighted by molar-refractivity contribution is 7.47. The molecule has 8 atom stereocenters. The molecular formula is C62H98N2O11P+. The van der Waals surface area contributed by atoms with Crippen LogP contribution < -0.4 is 5.32 Å². The summed E-state index contributed by atoms with van der Waals surface area (Å²) in [6.45, 7) is 15.4. The number of aliphatic hydroxyl groups excluding tert-OH is 1. The molecule has 1 aliphatic carbocycles. The number of phosphoric ester groups is 1. The van der Waals surface area contributed by atoms with Crippen LogP contribution in [0, 0.1) is 23.7 Å². The lowest BCUT2D eigenvalue weighted by Crippen LogP contribution is -2.37. The van der Waals surface area contributed by atoms with Crippen LogP contribution in [0.2, 0.25) is 0 Å². The summed E-state index contributed by atoms with van der Waals surface area (Å²) in [7, 11) is 1.54. The number of likely N-dealkylation sites (N-methyl/N-ethyl adjacent to an activating group) is 1. The zero-order chi connectivity index (χ0) is 56.4. The van der Waals surface area contributed by atoms with Crippen LogP contribution in [0.1, 0.15) is 201 Å². The normalized spacial score (nSPS) is 24.4. The fourth-order valence-corrected chi connectivity index (χ4v) is 11.2. The number of rotatable bonds is 29. The molecule has 1 heterocycles. The Kier molecular flexibility index (Phi) is 29.6. The third-order valence-corrected chi connectivity index (χ3v) is 15.8. The minimum Gasteiger partial charge on any atom is -0.457 e. The highest BCUT2D eigenvalue weighted by atomic mass is 31.2. The molecule has 3 rings (SSSR count). The Labute approximate surface area is 457 Å². The van der Waals surface area contributed by atoms with Crippen molar-refractivity contribution in [3.63, 3.8) is 0 Å². The lowest BCUT2D eigenvalue weighted by molar-refractivity contribution is -0.870. The first-order chi connectivity index (χ1) is 35.9. The van der Waals surface area contributed by atoms with Gasteiger partial charge in [-0.25, -0.2) is 4.57 Å². The number of unbranched alkanes of at least 4 members (excludes halogenated alkanes) is 14. The van der Waals surface area contributed by atoms with Crippen molar-refractivity contribution in [2.75, 3.05) is 34.3 Å². The molecule has 2 bridgehead atoms. The van der Waals surface area contributed by atoms with Gasteiger partial charge < -0.3 is 24.5 Å². The molecule has 13 nitrogen and oxygen atoms in total. The van der Waals surface area contributed by atoms with Gasteiger partial charge in [-0.15, -0.1) is 0 Å². The van der Waals surface area contributed by atoms with Crippen molar-refractivity contribution in [3.05, 3.63) is 93.8 Å². The number of ketones is 3. The molecule has 3 N–H and O–H groups in total. The summed E-state index contributed by atoms with van der Waals surface area (Å²) in [6, 6.07) is 7.29. The van der Waals surface area contributed by atoms with E-state index in [-0.39, 0.29) is 84.2 Å². The molecule has 0 fully saturated rings. The topological polar surface area (TPSA) is 183 Å².